The Labute approximate surface area is 169 Å². The van der Waals surface area contributed by atoms with Crippen LogP contribution < -0.4 is 5.14 Å². The van der Waals surface area contributed by atoms with Gasteiger partial charge in [0.1, 0.15) is 11.7 Å². The van der Waals surface area contributed by atoms with E-state index < -0.39 is 10.0 Å². The van der Waals surface area contributed by atoms with Gasteiger partial charge >= 0.3 is 0 Å². The molecule has 0 amide bonds. The molecule has 1 unspecified atom stereocenters. The van der Waals surface area contributed by atoms with Crippen molar-refractivity contribution >= 4 is 10.0 Å². The van der Waals surface area contributed by atoms with E-state index in [0.29, 0.717) is 11.7 Å². The summed E-state index contributed by atoms with van der Waals surface area (Å²) in [6.45, 7) is 2.08. The minimum absolute atomic E-state index is 0.0371. The van der Waals surface area contributed by atoms with E-state index in [1.165, 1.54) is 12.1 Å². The molecule has 2 aromatic carbocycles. The highest BCUT2D eigenvalue weighted by Crippen LogP contribution is 2.36. The zero-order valence-corrected chi connectivity index (χ0v) is 16.7. The summed E-state index contributed by atoms with van der Waals surface area (Å²) in [6, 6.07) is 20.0. The van der Waals surface area contributed by atoms with Gasteiger partial charge in [-0.15, -0.1) is 0 Å². The van der Waals surface area contributed by atoms with Crippen molar-refractivity contribution in [1.82, 2.24) is 9.55 Å². The molecule has 0 aliphatic rings. The maximum absolute atomic E-state index is 11.6. The molecule has 29 heavy (non-hydrogen) atoms. The smallest absolute Gasteiger partial charge is 0.238 e. The lowest BCUT2D eigenvalue weighted by molar-refractivity contribution is 0.412. The number of sulfonamides is 1. The average Bonchev–Trinajstić information content (AvgIpc) is 3.40. The Morgan fingerprint density at radius 1 is 0.966 bits per heavy atom. The molecule has 2 N–H and O–H groups in total. The number of primary sulfonamides is 1. The second-order valence-electron chi connectivity index (χ2n) is 6.72. The van der Waals surface area contributed by atoms with E-state index in [2.05, 4.69) is 11.5 Å². The van der Waals surface area contributed by atoms with Gasteiger partial charge in [0.05, 0.1) is 4.90 Å². The Hall–Kier alpha value is -3.16. The largest absolute Gasteiger partial charge is 0.438 e. The Morgan fingerprint density at radius 2 is 1.62 bits per heavy atom. The second-order valence-corrected chi connectivity index (χ2v) is 8.28. The zero-order valence-electron chi connectivity index (χ0n) is 15.9. The summed E-state index contributed by atoms with van der Waals surface area (Å²) >= 11 is 0. The van der Waals surface area contributed by atoms with Crippen LogP contribution in [0.2, 0.25) is 0 Å². The Kier molecular flexibility index (Phi) is 5.08. The fourth-order valence-electron chi connectivity index (χ4n) is 3.33. The van der Waals surface area contributed by atoms with Crippen LogP contribution in [0.3, 0.4) is 0 Å². The summed E-state index contributed by atoms with van der Waals surface area (Å²) in [6.07, 6.45) is 4.79. The summed E-state index contributed by atoms with van der Waals surface area (Å²) in [7, 11) is -3.76. The van der Waals surface area contributed by atoms with E-state index >= 15 is 0 Å². The molecule has 7 heteroatoms. The maximum atomic E-state index is 11.6. The van der Waals surface area contributed by atoms with Gasteiger partial charge in [0.2, 0.25) is 15.9 Å². The third-order valence-electron chi connectivity index (χ3n) is 4.80. The SMILES string of the molecule is CCC(c1nc(-c2ccccc2)c(-c2ccc(S(N)(=O)=O)cc2)o1)n1cccc1. The lowest BCUT2D eigenvalue weighted by Gasteiger charge is -2.12. The number of benzene rings is 2. The minimum atomic E-state index is -3.76. The summed E-state index contributed by atoms with van der Waals surface area (Å²) < 4.78 is 31.5. The number of nitrogens with two attached hydrogens (primary N) is 1. The van der Waals surface area contributed by atoms with Gasteiger partial charge in [-0.3, -0.25) is 0 Å². The fourth-order valence-corrected chi connectivity index (χ4v) is 3.85. The predicted octanol–water partition coefficient (Wildman–Crippen LogP) is 4.46. The molecule has 0 aliphatic heterocycles. The number of oxazole rings is 1. The first-order valence-electron chi connectivity index (χ1n) is 9.29. The van der Waals surface area contributed by atoms with Crippen molar-refractivity contribution in [3.63, 3.8) is 0 Å². The summed E-state index contributed by atoms with van der Waals surface area (Å²) in [5.74, 6) is 1.20. The summed E-state index contributed by atoms with van der Waals surface area (Å²) in [5, 5.41) is 5.22. The molecule has 1 atom stereocenters. The molecule has 148 valence electrons. The molecule has 2 aromatic heterocycles. The molecule has 4 aromatic rings. The first-order valence-corrected chi connectivity index (χ1v) is 10.8. The number of hydrogen-bond acceptors (Lipinski definition) is 4. The average molecular weight is 407 g/mol. The van der Waals surface area contributed by atoms with Crippen LogP contribution >= 0.6 is 0 Å². The first kappa shape index (κ1) is 19.2. The Bertz CT molecular complexity index is 1200. The van der Waals surface area contributed by atoms with Crippen molar-refractivity contribution < 1.29 is 12.8 Å². The van der Waals surface area contributed by atoms with Crippen molar-refractivity contribution in [2.24, 2.45) is 5.14 Å². The highest BCUT2D eigenvalue weighted by Gasteiger charge is 2.23. The molecular weight excluding hydrogens is 386 g/mol. The van der Waals surface area contributed by atoms with E-state index in [1.807, 2.05) is 54.9 Å². The lowest BCUT2D eigenvalue weighted by Crippen LogP contribution is -2.11. The van der Waals surface area contributed by atoms with Crippen molar-refractivity contribution in [2.75, 3.05) is 0 Å². The normalized spacial score (nSPS) is 12.8. The standard InChI is InChI=1S/C22H21N3O3S/c1-2-19(25-14-6-7-15-25)22-24-20(16-8-4-3-5-9-16)21(28-22)17-10-12-18(13-11-17)29(23,26)27/h3-15,19H,2H2,1H3,(H2,23,26,27). The topological polar surface area (TPSA) is 91.1 Å². The predicted molar refractivity (Wildman–Crippen MR) is 112 cm³/mol. The van der Waals surface area contributed by atoms with Crippen LogP contribution in [-0.2, 0) is 10.0 Å². The number of rotatable bonds is 6. The molecule has 0 spiro atoms. The summed E-state index contributed by atoms with van der Waals surface area (Å²) in [4.78, 5) is 4.88. The van der Waals surface area contributed by atoms with Crippen LogP contribution in [0.15, 0.2) is 88.4 Å². The van der Waals surface area contributed by atoms with Crippen LogP contribution in [0, 0.1) is 0 Å². The van der Waals surface area contributed by atoms with E-state index in [0.717, 1.165) is 23.2 Å². The van der Waals surface area contributed by atoms with Crippen LogP contribution in [-0.4, -0.2) is 18.0 Å². The molecule has 6 nitrogen and oxygen atoms in total. The quantitative estimate of drug-likeness (QED) is 0.511. The van der Waals surface area contributed by atoms with E-state index in [9.17, 15) is 8.42 Å². The van der Waals surface area contributed by atoms with Gasteiger partial charge in [-0.25, -0.2) is 18.5 Å². The molecule has 4 rings (SSSR count). The van der Waals surface area contributed by atoms with Crippen LogP contribution in [0.4, 0.5) is 0 Å². The van der Waals surface area contributed by atoms with Gasteiger partial charge in [0, 0.05) is 23.5 Å². The van der Waals surface area contributed by atoms with E-state index in [4.69, 9.17) is 14.5 Å². The van der Waals surface area contributed by atoms with Crippen molar-refractivity contribution in [1.29, 1.82) is 0 Å². The monoisotopic (exact) mass is 407 g/mol. The summed E-state index contributed by atoms with van der Waals surface area (Å²) in [5.41, 5.74) is 2.38. The molecule has 0 radical (unpaired) electrons. The third-order valence-corrected chi connectivity index (χ3v) is 5.72. The van der Waals surface area contributed by atoms with Gasteiger partial charge in [0.25, 0.3) is 0 Å². The maximum Gasteiger partial charge on any atom is 0.238 e. The Morgan fingerprint density at radius 3 is 2.21 bits per heavy atom. The molecule has 0 aliphatic carbocycles. The molecule has 0 fully saturated rings. The zero-order chi connectivity index (χ0) is 20.4. The Balaban J connectivity index is 1.85. The highest BCUT2D eigenvalue weighted by atomic mass is 32.2. The lowest BCUT2D eigenvalue weighted by atomic mass is 10.1. The fraction of sp³-hybridized carbons (Fsp3) is 0.136. The van der Waals surface area contributed by atoms with Gasteiger partial charge in [-0.1, -0.05) is 37.3 Å². The van der Waals surface area contributed by atoms with Crippen LogP contribution in [0.5, 0.6) is 0 Å². The van der Waals surface area contributed by atoms with Gasteiger partial charge in [-0.05, 0) is 42.8 Å². The highest BCUT2D eigenvalue weighted by molar-refractivity contribution is 7.89. The molecule has 0 bridgehead atoms. The van der Waals surface area contributed by atoms with Crippen molar-refractivity contribution in [3.8, 4) is 22.6 Å². The first-order chi connectivity index (χ1) is 14.0. The molecular formula is C22H21N3O3S. The van der Waals surface area contributed by atoms with Crippen LogP contribution in [0.1, 0.15) is 25.3 Å². The van der Waals surface area contributed by atoms with Crippen LogP contribution in [0.25, 0.3) is 22.6 Å². The van der Waals surface area contributed by atoms with E-state index in [-0.39, 0.29) is 10.9 Å². The van der Waals surface area contributed by atoms with Gasteiger partial charge in [-0.2, -0.15) is 0 Å². The number of hydrogen-bond donors (Lipinski definition) is 1. The third kappa shape index (κ3) is 3.87. The molecule has 0 saturated carbocycles. The van der Waals surface area contributed by atoms with E-state index in [1.54, 1.807) is 12.1 Å². The van der Waals surface area contributed by atoms with Gasteiger partial charge < -0.3 is 8.98 Å². The van der Waals surface area contributed by atoms with Gasteiger partial charge in [0.15, 0.2) is 5.76 Å². The second kappa shape index (κ2) is 7.69. The molecule has 2 heterocycles. The number of aromatic nitrogens is 2. The minimum Gasteiger partial charge on any atom is -0.438 e. The number of nitrogens with zero attached hydrogens (tertiary/aromatic N) is 2. The molecule has 0 saturated heterocycles. The van der Waals surface area contributed by atoms with Crippen molar-refractivity contribution in [2.45, 2.75) is 24.3 Å². The van der Waals surface area contributed by atoms with Crippen molar-refractivity contribution in [3.05, 3.63) is 85.0 Å².